The average molecular weight is 253 g/mol. The Morgan fingerprint density at radius 1 is 1.18 bits per heavy atom. The second-order valence-electron chi connectivity index (χ2n) is 4.39. The minimum absolute atomic E-state index is 0.551. The Morgan fingerprint density at radius 2 is 1.76 bits per heavy atom. The minimum Gasteiger partial charge on any atom is -0.316 e. The van der Waals surface area contributed by atoms with E-state index in [1.165, 1.54) is 18.4 Å². The summed E-state index contributed by atoms with van der Waals surface area (Å²) >= 11 is 1.75. The largest absolute Gasteiger partial charge is 0.316 e. The molecule has 0 radical (unpaired) electrons. The van der Waals surface area contributed by atoms with Crippen LogP contribution in [-0.4, -0.2) is 28.8 Å². The number of hydrogen-bond acceptors (Lipinski definition) is 4. The third-order valence-corrected chi connectivity index (χ3v) is 4.08. The molecule has 0 saturated carbocycles. The Kier molecular flexibility index (Phi) is 5.92. The van der Waals surface area contributed by atoms with Crippen molar-refractivity contribution < 1.29 is 0 Å². The van der Waals surface area contributed by atoms with Gasteiger partial charge in [0.2, 0.25) is 0 Å². The monoisotopic (exact) mass is 253 g/mol. The van der Waals surface area contributed by atoms with Crippen LogP contribution in [0.1, 0.15) is 36.7 Å². The van der Waals surface area contributed by atoms with Crippen molar-refractivity contribution in [3.05, 3.63) is 17.0 Å². The summed E-state index contributed by atoms with van der Waals surface area (Å²) in [7, 11) is 2.02. The molecule has 3 nitrogen and oxygen atoms in total. The molecule has 0 fully saturated rings. The Labute approximate surface area is 109 Å². The number of rotatable bonds is 6. The average Bonchev–Trinajstić information content (AvgIpc) is 2.31. The molecule has 0 bridgehead atoms. The maximum Gasteiger partial charge on any atom is 0.188 e. The van der Waals surface area contributed by atoms with Crippen LogP contribution in [0.15, 0.2) is 5.16 Å². The van der Waals surface area contributed by atoms with E-state index in [-0.39, 0.29) is 0 Å². The number of hydrogen-bond donors (Lipinski definition) is 1. The topological polar surface area (TPSA) is 37.8 Å². The summed E-state index contributed by atoms with van der Waals surface area (Å²) in [5, 5.41) is 4.24. The first-order valence-corrected chi connectivity index (χ1v) is 7.19. The molecule has 0 saturated heterocycles. The molecule has 1 rings (SSSR count). The first-order valence-electron chi connectivity index (χ1n) is 6.20. The lowest BCUT2D eigenvalue weighted by Gasteiger charge is -2.14. The van der Waals surface area contributed by atoms with Gasteiger partial charge < -0.3 is 5.32 Å². The van der Waals surface area contributed by atoms with E-state index in [1.54, 1.807) is 11.8 Å². The molecule has 0 aliphatic rings. The maximum atomic E-state index is 4.52. The van der Waals surface area contributed by atoms with Crippen molar-refractivity contribution in [3.63, 3.8) is 0 Å². The SMILES string of the molecule is CCCC(CSc1nc(C)c(C)c(C)n1)NC. The van der Waals surface area contributed by atoms with E-state index < -0.39 is 0 Å². The summed E-state index contributed by atoms with van der Waals surface area (Å²) in [6.07, 6.45) is 2.41. The zero-order chi connectivity index (χ0) is 12.8. The molecule has 1 heterocycles. The molecule has 4 heteroatoms. The van der Waals surface area contributed by atoms with E-state index >= 15 is 0 Å². The molecular formula is C13H23N3S. The van der Waals surface area contributed by atoms with Gasteiger partial charge in [-0.15, -0.1) is 0 Å². The fourth-order valence-electron chi connectivity index (χ4n) is 1.64. The first-order chi connectivity index (χ1) is 8.08. The lowest BCUT2D eigenvalue weighted by Crippen LogP contribution is -2.27. The van der Waals surface area contributed by atoms with Crippen molar-refractivity contribution in [2.45, 2.75) is 51.7 Å². The second-order valence-corrected chi connectivity index (χ2v) is 5.37. The highest BCUT2D eigenvalue weighted by atomic mass is 32.2. The highest BCUT2D eigenvalue weighted by molar-refractivity contribution is 7.99. The highest BCUT2D eigenvalue weighted by Crippen LogP contribution is 2.18. The normalized spacial score (nSPS) is 12.8. The van der Waals surface area contributed by atoms with Crippen LogP contribution in [-0.2, 0) is 0 Å². The predicted molar refractivity (Wildman–Crippen MR) is 74.7 cm³/mol. The van der Waals surface area contributed by atoms with Crippen LogP contribution in [0.3, 0.4) is 0 Å². The van der Waals surface area contributed by atoms with Gasteiger partial charge in [0.1, 0.15) is 0 Å². The van der Waals surface area contributed by atoms with Crippen molar-refractivity contribution in [1.82, 2.24) is 15.3 Å². The van der Waals surface area contributed by atoms with Gasteiger partial charge in [0.15, 0.2) is 5.16 Å². The molecule has 0 aliphatic carbocycles. The van der Waals surface area contributed by atoms with Gasteiger partial charge >= 0.3 is 0 Å². The van der Waals surface area contributed by atoms with Gasteiger partial charge in [-0.05, 0) is 39.8 Å². The van der Waals surface area contributed by atoms with Crippen molar-refractivity contribution in [3.8, 4) is 0 Å². The quantitative estimate of drug-likeness (QED) is 0.625. The number of aryl methyl sites for hydroxylation is 2. The van der Waals surface area contributed by atoms with Crippen LogP contribution in [0, 0.1) is 20.8 Å². The van der Waals surface area contributed by atoms with Crippen molar-refractivity contribution in [2.75, 3.05) is 12.8 Å². The molecule has 1 aromatic heterocycles. The molecule has 0 amide bonds. The molecule has 96 valence electrons. The molecule has 1 N–H and O–H groups in total. The smallest absolute Gasteiger partial charge is 0.188 e. The maximum absolute atomic E-state index is 4.52. The van der Waals surface area contributed by atoms with E-state index in [4.69, 9.17) is 0 Å². The lowest BCUT2D eigenvalue weighted by atomic mass is 10.2. The summed E-state index contributed by atoms with van der Waals surface area (Å²) < 4.78 is 0. The predicted octanol–water partition coefficient (Wildman–Crippen LogP) is 2.88. The van der Waals surface area contributed by atoms with Gasteiger partial charge in [-0.2, -0.15) is 0 Å². The first kappa shape index (κ1) is 14.5. The summed E-state index contributed by atoms with van der Waals surface area (Å²) in [5.41, 5.74) is 3.39. The van der Waals surface area contributed by atoms with E-state index in [0.717, 1.165) is 22.3 Å². The number of nitrogens with zero attached hydrogens (tertiary/aromatic N) is 2. The van der Waals surface area contributed by atoms with Crippen LogP contribution >= 0.6 is 11.8 Å². The fraction of sp³-hybridized carbons (Fsp3) is 0.692. The van der Waals surface area contributed by atoms with E-state index in [9.17, 15) is 0 Å². The summed E-state index contributed by atoms with van der Waals surface area (Å²) in [6, 6.07) is 0.551. The summed E-state index contributed by atoms with van der Waals surface area (Å²) in [4.78, 5) is 9.05. The second kappa shape index (κ2) is 6.97. The Bertz CT molecular complexity index is 343. The van der Waals surface area contributed by atoms with Gasteiger partial charge in [0.05, 0.1) is 0 Å². The molecule has 1 unspecified atom stereocenters. The molecule has 0 spiro atoms. The van der Waals surface area contributed by atoms with Gasteiger partial charge in [0.25, 0.3) is 0 Å². The van der Waals surface area contributed by atoms with Crippen molar-refractivity contribution in [1.29, 1.82) is 0 Å². The highest BCUT2D eigenvalue weighted by Gasteiger charge is 2.09. The van der Waals surface area contributed by atoms with E-state index in [2.05, 4.69) is 43.0 Å². The Morgan fingerprint density at radius 3 is 2.24 bits per heavy atom. The molecule has 0 aliphatic heterocycles. The van der Waals surface area contributed by atoms with Crippen LogP contribution in [0.4, 0.5) is 0 Å². The van der Waals surface area contributed by atoms with Gasteiger partial charge in [-0.1, -0.05) is 25.1 Å². The zero-order valence-electron chi connectivity index (χ0n) is 11.5. The molecule has 1 atom stereocenters. The number of thioether (sulfide) groups is 1. The molecule has 0 aromatic carbocycles. The third-order valence-electron chi connectivity index (χ3n) is 3.07. The van der Waals surface area contributed by atoms with E-state index in [0.29, 0.717) is 6.04 Å². The van der Waals surface area contributed by atoms with Crippen LogP contribution in [0.2, 0.25) is 0 Å². The van der Waals surface area contributed by atoms with Crippen molar-refractivity contribution in [2.24, 2.45) is 0 Å². The molecule has 17 heavy (non-hydrogen) atoms. The van der Waals surface area contributed by atoms with Crippen molar-refractivity contribution >= 4 is 11.8 Å². The summed E-state index contributed by atoms with van der Waals surface area (Å²) in [6.45, 7) is 8.39. The molecular weight excluding hydrogens is 230 g/mol. The minimum atomic E-state index is 0.551. The lowest BCUT2D eigenvalue weighted by molar-refractivity contribution is 0.564. The van der Waals surface area contributed by atoms with Gasteiger partial charge in [0, 0.05) is 23.2 Å². The fourth-order valence-corrected chi connectivity index (χ4v) is 2.73. The number of aromatic nitrogens is 2. The van der Waals surface area contributed by atoms with E-state index in [1.807, 2.05) is 7.05 Å². The van der Waals surface area contributed by atoms with Crippen LogP contribution < -0.4 is 5.32 Å². The zero-order valence-corrected chi connectivity index (χ0v) is 12.3. The van der Waals surface area contributed by atoms with Gasteiger partial charge in [-0.3, -0.25) is 0 Å². The number of nitrogens with one attached hydrogen (secondary N) is 1. The van der Waals surface area contributed by atoms with Gasteiger partial charge in [-0.25, -0.2) is 9.97 Å². The summed E-state index contributed by atoms with van der Waals surface area (Å²) in [5.74, 6) is 1.03. The molecule has 1 aromatic rings. The van der Waals surface area contributed by atoms with Crippen LogP contribution in [0.5, 0.6) is 0 Å². The van der Waals surface area contributed by atoms with Crippen LogP contribution in [0.25, 0.3) is 0 Å². The third kappa shape index (κ3) is 4.28. The Balaban J connectivity index is 2.63. The Hall–Kier alpha value is -0.610. The standard InChI is InChI=1S/C13H23N3S/c1-6-7-12(14-5)8-17-13-15-10(3)9(2)11(4)16-13/h12,14H,6-8H2,1-5H3.